The van der Waals surface area contributed by atoms with Crippen LogP contribution in [-0.4, -0.2) is 29.4 Å². The molecule has 1 atom stereocenters. The van der Waals surface area contributed by atoms with Gasteiger partial charge in [-0.2, -0.15) is 12.6 Å². The molecule has 0 aliphatic rings. The van der Waals surface area contributed by atoms with Crippen LogP contribution in [0.3, 0.4) is 0 Å². The van der Waals surface area contributed by atoms with Gasteiger partial charge in [0.2, 0.25) is 11.8 Å². The van der Waals surface area contributed by atoms with Gasteiger partial charge in [-0.15, -0.1) is 0 Å². The van der Waals surface area contributed by atoms with Crippen LogP contribution in [0, 0.1) is 6.92 Å². The first-order valence-electron chi connectivity index (χ1n) is 10.6. The summed E-state index contributed by atoms with van der Waals surface area (Å²) in [4.78, 5) is 38.0. The number of hydrogen-bond donors (Lipinski definition) is 4. The van der Waals surface area contributed by atoms with Crippen LogP contribution in [0.2, 0.25) is 0 Å². The normalized spacial score (nSPS) is 11.5. The third-order valence-corrected chi connectivity index (χ3v) is 5.53. The van der Waals surface area contributed by atoms with E-state index in [1.807, 2.05) is 37.3 Å². The summed E-state index contributed by atoms with van der Waals surface area (Å²) in [5.41, 5.74) is 9.50. The molecule has 0 fully saturated rings. The molecule has 4 N–H and O–H groups in total. The zero-order valence-electron chi connectivity index (χ0n) is 18.4. The molecule has 0 heterocycles. The van der Waals surface area contributed by atoms with Crippen molar-refractivity contribution in [3.8, 4) is 0 Å². The smallest absolute Gasteiger partial charge is 0.242 e. The molecule has 33 heavy (non-hydrogen) atoms. The summed E-state index contributed by atoms with van der Waals surface area (Å²) in [7, 11) is 0. The van der Waals surface area contributed by atoms with Gasteiger partial charge in [-0.1, -0.05) is 60.2 Å². The Morgan fingerprint density at radius 1 is 0.939 bits per heavy atom. The Balaban J connectivity index is 1.81. The van der Waals surface area contributed by atoms with Crippen LogP contribution in [0.4, 0.5) is 11.4 Å². The number of benzene rings is 3. The van der Waals surface area contributed by atoms with Gasteiger partial charge in [-0.25, -0.2) is 0 Å². The maximum absolute atomic E-state index is 13.2. The minimum atomic E-state index is -0.775. The fraction of sp³-hybridized carbons (Fsp3) is 0.192. The van der Waals surface area contributed by atoms with Gasteiger partial charge in [0.05, 0.1) is 11.7 Å². The van der Waals surface area contributed by atoms with E-state index < -0.39 is 11.9 Å². The lowest BCUT2D eigenvalue weighted by atomic mass is 10.0. The second-order valence-corrected chi connectivity index (χ2v) is 8.13. The Kier molecular flexibility index (Phi) is 8.40. The van der Waals surface area contributed by atoms with Crippen molar-refractivity contribution in [3.63, 3.8) is 0 Å². The molecule has 3 rings (SSSR count). The fourth-order valence-electron chi connectivity index (χ4n) is 3.21. The minimum absolute atomic E-state index is 0.191. The van der Waals surface area contributed by atoms with Crippen LogP contribution >= 0.6 is 12.6 Å². The van der Waals surface area contributed by atoms with E-state index in [1.165, 1.54) is 0 Å². The van der Waals surface area contributed by atoms with Crippen molar-refractivity contribution in [3.05, 3.63) is 95.1 Å². The highest BCUT2D eigenvalue weighted by atomic mass is 32.1. The van der Waals surface area contributed by atoms with Gasteiger partial charge < -0.3 is 16.4 Å². The van der Waals surface area contributed by atoms with E-state index in [-0.39, 0.29) is 29.4 Å². The third kappa shape index (κ3) is 6.78. The van der Waals surface area contributed by atoms with Gasteiger partial charge in [0, 0.05) is 29.0 Å². The van der Waals surface area contributed by atoms with Crippen LogP contribution in [0.25, 0.3) is 0 Å². The summed E-state index contributed by atoms with van der Waals surface area (Å²) in [6, 6.07) is 20.8. The number of aryl methyl sites for hydroxylation is 2. The van der Waals surface area contributed by atoms with E-state index in [0.29, 0.717) is 23.4 Å². The van der Waals surface area contributed by atoms with Crippen LogP contribution in [-0.2, 0) is 16.0 Å². The average molecular weight is 462 g/mol. The number of nitrogens with two attached hydrogens (primary N) is 1. The van der Waals surface area contributed by atoms with Crippen molar-refractivity contribution in [1.82, 2.24) is 0 Å². The molecule has 2 amide bonds. The molecule has 0 aromatic heterocycles. The summed E-state index contributed by atoms with van der Waals surface area (Å²) < 4.78 is 0. The van der Waals surface area contributed by atoms with Gasteiger partial charge in [-0.05, 0) is 37.1 Å². The molecule has 170 valence electrons. The quantitative estimate of drug-likeness (QED) is 0.286. The van der Waals surface area contributed by atoms with Crippen LogP contribution < -0.4 is 16.4 Å². The SMILES string of the molecule is Cc1ccc(CCC(=O)Nc2ccc(NC(=O)[C@@H](N)CS)cc2C(=O)c2ccccc2)cc1. The number of anilines is 2. The maximum atomic E-state index is 13.2. The van der Waals surface area contributed by atoms with E-state index in [4.69, 9.17) is 5.73 Å². The van der Waals surface area contributed by atoms with E-state index in [2.05, 4.69) is 23.3 Å². The number of amides is 2. The first-order valence-corrected chi connectivity index (χ1v) is 11.3. The van der Waals surface area contributed by atoms with Crippen molar-refractivity contribution in [2.75, 3.05) is 16.4 Å². The molecule has 3 aromatic carbocycles. The molecule has 7 heteroatoms. The summed E-state index contributed by atoms with van der Waals surface area (Å²) in [6.07, 6.45) is 0.862. The number of rotatable bonds is 9. The molecule has 3 aromatic rings. The maximum Gasteiger partial charge on any atom is 0.242 e. The number of carbonyl (C=O) groups is 3. The Bertz CT molecular complexity index is 1130. The second-order valence-electron chi connectivity index (χ2n) is 7.77. The fourth-order valence-corrected chi connectivity index (χ4v) is 3.37. The van der Waals surface area contributed by atoms with E-state index >= 15 is 0 Å². The Hall–Kier alpha value is -3.42. The summed E-state index contributed by atoms with van der Waals surface area (Å²) in [5, 5.41) is 5.54. The molecule has 0 bridgehead atoms. The number of hydrogen-bond acceptors (Lipinski definition) is 5. The molecule has 0 saturated heterocycles. The number of carbonyl (C=O) groups excluding carboxylic acids is 3. The highest BCUT2D eigenvalue weighted by molar-refractivity contribution is 7.80. The van der Waals surface area contributed by atoms with Crippen LogP contribution in [0.5, 0.6) is 0 Å². The van der Waals surface area contributed by atoms with Gasteiger partial charge >= 0.3 is 0 Å². The largest absolute Gasteiger partial charge is 0.325 e. The molecule has 0 saturated carbocycles. The van der Waals surface area contributed by atoms with Crippen molar-refractivity contribution in [2.45, 2.75) is 25.8 Å². The number of nitrogens with one attached hydrogen (secondary N) is 2. The standard InChI is InChI=1S/C26H27N3O3S/c1-17-7-9-18(10-8-17)11-14-24(30)29-23-13-12-20(28-26(32)22(27)16-33)15-21(23)25(31)19-5-3-2-4-6-19/h2-10,12-13,15,22,33H,11,14,16,27H2,1H3,(H,28,32)(H,29,30)/t22-/m0/s1. The second kappa shape index (κ2) is 11.4. The van der Waals surface area contributed by atoms with Gasteiger partial charge in [0.15, 0.2) is 5.78 Å². The molecule has 0 aliphatic heterocycles. The van der Waals surface area contributed by atoms with Crippen molar-refractivity contribution in [2.24, 2.45) is 5.73 Å². The first kappa shape index (κ1) is 24.2. The Labute approximate surface area is 199 Å². The van der Waals surface area contributed by atoms with Gasteiger partial charge in [0.25, 0.3) is 0 Å². The summed E-state index contributed by atoms with van der Waals surface area (Å²) >= 11 is 4.04. The molecule has 0 radical (unpaired) electrons. The molecule has 0 unspecified atom stereocenters. The Morgan fingerprint density at radius 2 is 1.64 bits per heavy atom. The van der Waals surface area contributed by atoms with Crippen molar-refractivity contribution >= 4 is 41.6 Å². The highest BCUT2D eigenvalue weighted by Crippen LogP contribution is 2.24. The Morgan fingerprint density at radius 3 is 2.30 bits per heavy atom. The lowest BCUT2D eigenvalue weighted by molar-refractivity contribution is -0.117. The lowest BCUT2D eigenvalue weighted by Crippen LogP contribution is -2.37. The molecule has 0 aliphatic carbocycles. The zero-order valence-corrected chi connectivity index (χ0v) is 19.3. The van der Waals surface area contributed by atoms with E-state index in [9.17, 15) is 14.4 Å². The minimum Gasteiger partial charge on any atom is -0.325 e. The highest BCUT2D eigenvalue weighted by Gasteiger charge is 2.18. The van der Waals surface area contributed by atoms with E-state index in [0.717, 1.165) is 11.1 Å². The molecular weight excluding hydrogens is 434 g/mol. The van der Waals surface area contributed by atoms with Crippen LogP contribution in [0.15, 0.2) is 72.8 Å². The van der Waals surface area contributed by atoms with Crippen molar-refractivity contribution < 1.29 is 14.4 Å². The summed E-state index contributed by atoms with van der Waals surface area (Å²) in [6.45, 7) is 2.01. The van der Waals surface area contributed by atoms with E-state index in [1.54, 1.807) is 42.5 Å². The predicted octanol–water partition coefficient (Wildman–Crippen LogP) is 3.99. The molecule has 6 nitrogen and oxygen atoms in total. The summed E-state index contributed by atoms with van der Waals surface area (Å²) in [5.74, 6) is -0.680. The van der Waals surface area contributed by atoms with Crippen LogP contribution in [0.1, 0.15) is 33.5 Å². The molecular formula is C26H27N3O3S. The number of ketones is 1. The molecule has 0 spiro atoms. The van der Waals surface area contributed by atoms with Gasteiger partial charge in [0.1, 0.15) is 0 Å². The lowest BCUT2D eigenvalue weighted by Gasteiger charge is -2.15. The van der Waals surface area contributed by atoms with Gasteiger partial charge in [-0.3, -0.25) is 14.4 Å². The monoisotopic (exact) mass is 461 g/mol. The average Bonchev–Trinajstić information content (AvgIpc) is 2.84. The van der Waals surface area contributed by atoms with Crippen molar-refractivity contribution in [1.29, 1.82) is 0 Å². The zero-order chi connectivity index (χ0) is 23.8. The topological polar surface area (TPSA) is 101 Å². The number of thiol groups is 1. The first-order chi connectivity index (χ1) is 15.9. The third-order valence-electron chi connectivity index (χ3n) is 5.14. The predicted molar refractivity (Wildman–Crippen MR) is 135 cm³/mol.